The molecule has 170 valence electrons. The van der Waals surface area contributed by atoms with Gasteiger partial charge in [0.25, 0.3) is 5.56 Å². The van der Waals surface area contributed by atoms with E-state index in [2.05, 4.69) is 45.0 Å². The summed E-state index contributed by atoms with van der Waals surface area (Å²) in [6, 6.07) is 19.7. The molecule has 0 spiro atoms. The number of halogens is 1. The minimum absolute atomic E-state index is 0.106. The SMILES string of the molecule is COc1cc(Cl)c(C)cc1-n1c(SCc2ccc(C(C)(C)C)cc2)nc2ccccc2c1=O. The molecule has 1 aromatic heterocycles. The van der Waals surface area contributed by atoms with Crippen molar-refractivity contribution in [1.29, 1.82) is 0 Å². The first-order chi connectivity index (χ1) is 15.7. The summed E-state index contributed by atoms with van der Waals surface area (Å²) >= 11 is 7.85. The van der Waals surface area contributed by atoms with Crippen molar-refractivity contribution >= 4 is 34.3 Å². The monoisotopic (exact) mass is 478 g/mol. The number of ether oxygens (including phenoxy) is 1. The standard InChI is InChI=1S/C27H27ClN2O2S/c1-17-14-23(24(32-5)15-21(17)28)30-25(31)20-8-6-7-9-22(20)29-26(30)33-16-18-10-12-19(13-11-18)27(2,3)4/h6-15H,16H2,1-5H3. The second-order valence-corrected chi connectivity index (χ2v) is 10.4. The van der Waals surface area contributed by atoms with Crippen LogP contribution in [0.3, 0.4) is 0 Å². The number of methoxy groups -OCH3 is 1. The molecular weight excluding hydrogens is 452 g/mol. The summed E-state index contributed by atoms with van der Waals surface area (Å²) < 4.78 is 7.22. The zero-order chi connectivity index (χ0) is 23.8. The highest BCUT2D eigenvalue weighted by Gasteiger charge is 2.18. The first kappa shape index (κ1) is 23.4. The molecule has 1 heterocycles. The molecule has 0 bridgehead atoms. The summed E-state index contributed by atoms with van der Waals surface area (Å²) in [5.41, 5.74) is 4.60. The number of rotatable bonds is 5. The second kappa shape index (κ2) is 9.24. The van der Waals surface area contributed by atoms with Gasteiger partial charge in [-0.2, -0.15) is 0 Å². The van der Waals surface area contributed by atoms with E-state index in [9.17, 15) is 4.79 Å². The molecule has 0 saturated heterocycles. The van der Waals surface area contributed by atoms with Gasteiger partial charge in [0.15, 0.2) is 5.16 Å². The molecule has 3 aromatic carbocycles. The van der Waals surface area contributed by atoms with E-state index in [4.69, 9.17) is 21.3 Å². The Kier molecular flexibility index (Phi) is 6.55. The predicted molar refractivity (Wildman–Crippen MR) is 138 cm³/mol. The highest BCUT2D eigenvalue weighted by molar-refractivity contribution is 7.98. The summed E-state index contributed by atoms with van der Waals surface area (Å²) in [5.74, 6) is 1.21. The van der Waals surface area contributed by atoms with Gasteiger partial charge in [0.2, 0.25) is 0 Å². The molecule has 4 nitrogen and oxygen atoms in total. The molecule has 0 aliphatic carbocycles. The van der Waals surface area contributed by atoms with E-state index in [1.54, 1.807) is 23.8 Å². The van der Waals surface area contributed by atoms with Gasteiger partial charge in [0.1, 0.15) is 5.75 Å². The van der Waals surface area contributed by atoms with Crippen LogP contribution in [0.25, 0.3) is 16.6 Å². The van der Waals surface area contributed by atoms with Crippen molar-refractivity contribution in [2.45, 2.75) is 44.0 Å². The van der Waals surface area contributed by atoms with Gasteiger partial charge in [-0.05, 0) is 47.2 Å². The lowest BCUT2D eigenvalue weighted by Gasteiger charge is -2.19. The third-order valence-corrected chi connectivity index (χ3v) is 7.05. The molecule has 4 aromatic rings. The molecule has 6 heteroatoms. The zero-order valence-electron chi connectivity index (χ0n) is 19.5. The van der Waals surface area contributed by atoms with Crippen molar-refractivity contribution in [3.63, 3.8) is 0 Å². The van der Waals surface area contributed by atoms with Crippen LogP contribution in [0.5, 0.6) is 5.75 Å². The maximum Gasteiger partial charge on any atom is 0.266 e. The highest BCUT2D eigenvalue weighted by atomic mass is 35.5. The Hall–Kier alpha value is -2.76. The van der Waals surface area contributed by atoms with Crippen molar-refractivity contribution in [3.8, 4) is 11.4 Å². The topological polar surface area (TPSA) is 44.1 Å². The summed E-state index contributed by atoms with van der Waals surface area (Å²) in [4.78, 5) is 18.5. The molecular formula is C27H27ClN2O2S. The number of para-hydroxylation sites is 1. The highest BCUT2D eigenvalue weighted by Crippen LogP contribution is 2.33. The van der Waals surface area contributed by atoms with Crippen molar-refractivity contribution in [2.75, 3.05) is 7.11 Å². The van der Waals surface area contributed by atoms with Crippen molar-refractivity contribution < 1.29 is 4.74 Å². The lowest BCUT2D eigenvalue weighted by Crippen LogP contribution is -2.22. The van der Waals surface area contributed by atoms with E-state index in [-0.39, 0.29) is 11.0 Å². The van der Waals surface area contributed by atoms with Crippen LogP contribution in [0.1, 0.15) is 37.5 Å². The molecule has 0 unspecified atom stereocenters. The van der Waals surface area contributed by atoms with Gasteiger partial charge in [-0.1, -0.05) is 80.5 Å². The fourth-order valence-corrected chi connectivity index (χ4v) is 4.77. The minimum Gasteiger partial charge on any atom is -0.495 e. The Bertz CT molecular complexity index is 1370. The van der Waals surface area contributed by atoms with Crippen LogP contribution in [-0.4, -0.2) is 16.7 Å². The zero-order valence-corrected chi connectivity index (χ0v) is 21.1. The van der Waals surface area contributed by atoms with Gasteiger partial charge in [0, 0.05) is 16.8 Å². The molecule has 0 fully saturated rings. The minimum atomic E-state index is -0.133. The second-order valence-electron chi connectivity index (χ2n) is 9.06. The third kappa shape index (κ3) is 4.80. The molecule has 0 radical (unpaired) electrons. The quantitative estimate of drug-likeness (QED) is 0.230. The van der Waals surface area contributed by atoms with Crippen molar-refractivity contribution in [1.82, 2.24) is 9.55 Å². The Morgan fingerprint density at radius 3 is 2.42 bits per heavy atom. The number of nitrogens with zero attached hydrogens (tertiary/aromatic N) is 2. The van der Waals surface area contributed by atoms with Gasteiger partial charge in [-0.3, -0.25) is 9.36 Å². The molecule has 0 saturated carbocycles. The number of aromatic nitrogens is 2. The lowest BCUT2D eigenvalue weighted by atomic mass is 9.87. The number of benzene rings is 3. The Balaban J connectivity index is 1.81. The van der Waals surface area contributed by atoms with E-state index < -0.39 is 0 Å². The van der Waals surface area contributed by atoms with E-state index in [0.29, 0.717) is 38.3 Å². The molecule has 33 heavy (non-hydrogen) atoms. The van der Waals surface area contributed by atoms with Crippen LogP contribution < -0.4 is 10.3 Å². The lowest BCUT2D eigenvalue weighted by molar-refractivity contribution is 0.411. The van der Waals surface area contributed by atoms with Gasteiger partial charge >= 0.3 is 0 Å². The largest absolute Gasteiger partial charge is 0.495 e. The third-order valence-electron chi connectivity index (χ3n) is 5.63. The number of aryl methyl sites for hydroxylation is 1. The van der Waals surface area contributed by atoms with Crippen LogP contribution in [0.15, 0.2) is 70.6 Å². The fraction of sp³-hybridized carbons (Fsp3) is 0.259. The molecule has 0 amide bonds. The van der Waals surface area contributed by atoms with Gasteiger partial charge in [-0.25, -0.2) is 4.98 Å². The Morgan fingerprint density at radius 2 is 1.76 bits per heavy atom. The maximum absolute atomic E-state index is 13.6. The van der Waals surface area contributed by atoms with Crippen LogP contribution in [-0.2, 0) is 11.2 Å². The molecule has 0 atom stereocenters. The summed E-state index contributed by atoms with van der Waals surface area (Å²) in [6.45, 7) is 8.52. The van der Waals surface area contributed by atoms with Crippen LogP contribution in [0.4, 0.5) is 0 Å². The van der Waals surface area contributed by atoms with Gasteiger partial charge < -0.3 is 4.74 Å². The van der Waals surface area contributed by atoms with Crippen LogP contribution >= 0.6 is 23.4 Å². The summed E-state index contributed by atoms with van der Waals surface area (Å²) in [7, 11) is 1.58. The summed E-state index contributed by atoms with van der Waals surface area (Å²) in [5, 5.41) is 1.76. The first-order valence-corrected chi connectivity index (χ1v) is 12.1. The first-order valence-electron chi connectivity index (χ1n) is 10.8. The van der Waals surface area contributed by atoms with Gasteiger partial charge in [0.05, 0.1) is 23.7 Å². The molecule has 0 aliphatic heterocycles. The fourth-order valence-electron chi connectivity index (χ4n) is 3.66. The average Bonchev–Trinajstić information content (AvgIpc) is 2.79. The molecule has 0 N–H and O–H groups in total. The Morgan fingerprint density at radius 1 is 1.06 bits per heavy atom. The Labute approximate surface area is 203 Å². The number of hydrogen-bond donors (Lipinski definition) is 0. The van der Waals surface area contributed by atoms with Gasteiger partial charge in [-0.15, -0.1) is 0 Å². The van der Waals surface area contributed by atoms with E-state index >= 15 is 0 Å². The predicted octanol–water partition coefficient (Wildman–Crippen LogP) is 6.95. The van der Waals surface area contributed by atoms with E-state index in [1.165, 1.54) is 22.9 Å². The van der Waals surface area contributed by atoms with Crippen LogP contribution in [0, 0.1) is 6.92 Å². The van der Waals surface area contributed by atoms with E-state index in [1.807, 2.05) is 31.2 Å². The normalized spacial score (nSPS) is 11.7. The summed E-state index contributed by atoms with van der Waals surface area (Å²) in [6.07, 6.45) is 0. The number of thioether (sulfide) groups is 1. The smallest absolute Gasteiger partial charge is 0.266 e. The average molecular weight is 479 g/mol. The number of fused-ring (bicyclic) bond motifs is 1. The molecule has 4 rings (SSSR count). The number of hydrogen-bond acceptors (Lipinski definition) is 4. The van der Waals surface area contributed by atoms with Crippen molar-refractivity contribution in [2.24, 2.45) is 0 Å². The van der Waals surface area contributed by atoms with Crippen LogP contribution in [0.2, 0.25) is 5.02 Å². The van der Waals surface area contributed by atoms with E-state index in [0.717, 1.165) is 5.56 Å². The maximum atomic E-state index is 13.6. The van der Waals surface area contributed by atoms with Crippen molar-refractivity contribution in [3.05, 3.63) is 92.7 Å². The molecule has 0 aliphatic rings.